The average Bonchev–Trinajstić information content (AvgIpc) is 2.52. The highest BCUT2D eigenvalue weighted by molar-refractivity contribution is 5.99. The third-order valence-corrected chi connectivity index (χ3v) is 3.00. The van der Waals surface area contributed by atoms with Crippen LogP contribution in [0.4, 0.5) is 4.79 Å². The maximum atomic E-state index is 11.6. The van der Waals surface area contributed by atoms with E-state index >= 15 is 0 Å². The highest BCUT2D eigenvalue weighted by Gasteiger charge is 2.02. The number of aryl methyl sites for hydroxylation is 1. The second kappa shape index (κ2) is 7.24. The number of benzene rings is 2. The van der Waals surface area contributed by atoms with Crippen molar-refractivity contribution < 1.29 is 9.53 Å². The lowest BCUT2D eigenvalue weighted by atomic mass is 10.1. The normalized spacial score (nSPS) is 11.0. The zero-order valence-corrected chi connectivity index (χ0v) is 12.2. The summed E-state index contributed by atoms with van der Waals surface area (Å²) in [6.45, 7) is 4.09. The lowest BCUT2D eigenvalue weighted by Crippen LogP contribution is -2.20. The zero-order chi connectivity index (χ0) is 15.1. The predicted molar refractivity (Wildman–Crippen MR) is 83.2 cm³/mol. The fourth-order valence-corrected chi connectivity index (χ4v) is 1.74. The molecule has 1 amide bonds. The molecule has 2 aromatic carbocycles. The van der Waals surface area contributed by atoms with Crippen molar-refractivity contribution >= 4 is 11.8 Å². The Bertz CT molecular complexity index is 619. The molecule has 0 unspecified atom stereocenters. The van der Waals surface area contributed by atoms with Gasteiger partial charge in [0.15, 0.2) is 0 Å². The summed E-state index contributed by atoms with van der Waals surface area (Å²) in [6, 6.07) is 17.4. The molecule has 0 aliphatic heterocycles. The van der Waals surface area contributed by atoms with E-state index in [0.29, 0.717) is 0 Å². The van der Waals surface area contributed by atoms with Crippen LogP contribution in [0.1, 0.15) is 23.6 Å². The smallest absolute Gasteiger partial charge is 0.428 e. The highest BCUT2D eigenvalue weighted by Crippen LogP contribution is 2.04. The van der Waals surface area contributed by atoms with Gasteiger partial charge in [-0.25, -0.2) is 10.2 Å². The van der Waals surface area contributed by atoms with Crippen LogP contribution in [0.3, 0.4) is 0 Å². The first kappa shape index (κ1) is 14.8. The molecule has 0 aliphatic rings. The van der Waals surface area contributed by atoms with Gasteiger partial charge in [-0.3, -0.25) is 0 Å². The fraction of sp³-hybridized carbons (Fsp3) is 0.176. The topological polar surface area (TPSA) is 50.7 Å². The third-order valence-electron chi connectivity index (χ3n) is 3.00. The van der Waals surface area contributed by atoms with Crippen molar-refractivity contribution in [1.29, 1.82) is 0 Å². The fourth-order valence-electron chi connectivity index (χ4n) is 1.74. The molecule has 1 N–H and O–H groups in total. The van der Waals surface area contributed by atoms with Crippen LogP contribution >= 0.6 is 0 Å². The van der Waals surface area contributed by atoms with Crippen molar-refractivity contribution in [2.24, 2.45) is 5.10 Å². The molecular weight excluding hydrogens is 264 g/mol. The third kappa shape index (κ3) is 4.76. The van der Waals surface area contributed by atoms with Crippen LogP contribution in [0.5, 0.6) is 0 Å². The quantitative estimate of drug-likeness (QED) is 0.687. The molecule has 2 aromatic rings. The van der Waals surface area contributed by atoms with Crippen LogP contribution in [0.15, 0.2) is 59.7 Å². The summed E-state index contributed by atoms with van der Waals surface area (Å²) >= 11 is 0. The second-order valence-corrected chi connectivity index (χ2v) is 4.74. The van der Waals surface area contributed by atoms with Crippen molar-refractivity contribution in [3.05, 3.63) is 71.3 Å². The van der Waals surface area contributed by atoms with Gasteiger partial charge in [0.1, 0.15) is 6.61 Å². The van der Waals surface area contributed by atoms with Crippen LogP contribution in [0.25, 0.3) is 0 Å². The van der Waals surface area contributed by atoms with Crippen LogP contribution in [0, 0.1) is 6.92 Å². The number of nitrogens with zero attached hydrogens (tertiary/aromatic N) is 1. The van der Waals surface area contributed by atoms with E-state index in [-0.39, 0.29) is 6.61 Å². The SMILES string of the molecule is C/C(=N\NC(=O)OCc1ccccc1)c1ccc(C)cc1. The van der Waals surface area contributed by atoms with Gasteiger partial charge in [0.05, 0.1) is 5.71 Å². The maximum Gasteiger partial charge on any atom is 0.428 e. The van der Waals surface area contributed by atoms with E-state index in [9.17, 15) is 4.79 Å². The number of nitrogens with one attached hydrogen (secondary N) is 1. The molecule has 0 saturated heterocycles. The molecule has 0 heterocycles. The van der Waals surface area contributed by atoms with Crippen LogP contribution in [0.2, 0.25) is 0 Å². The Hall–Kier alpha value is -2.62. The summed E-state index contributed by atoms with van der Waals surface area (Å²) in [4.78, 5) is 11.6. The minimum atomic E-state index is -0.565. The van der Waals surface area contributed by atoms with Gasteiger partial charge in [-0.1, -0.05) is 60.2 Å². The number of carbonyl (C=O) groups excluding carboxylic acids is 1. The van der Waals surface area contributed by atoms with Crippen molar-refractivity contribution in [2.45, 2.75) is 20.5 Å². The van der Waals surface area contributed by atoms with E-state index in [1.165, 1.54) is 5.56 Å². The van der Waals surface area contributed by atoms with Gasteiger partial charge in [0.25, 0.3) is 0 Å². The summed E-state index contributed by atoms with van der Waals surface area (Å²) in [5.41, 5.74) is 6.20. The first-order valence-corrected chi connectivity index (χ1v) is 6.73. The zero-order valence-electron chi connectivity index (χ0n) is 12.2. The Labute approximate surface area is 124 Å². The van der Waals surface area contributed by atoms with E-state index in [4.69, 9.17) is 4.74 Å². The predicted octanol–water partition coefficient (Wildman–Crippen LogP) is 3.65. The molecule has 21 heavy (non-hydrogen) atoms. The second-order valence-electron chi connectivity index (χ2n) is 4.74. The van der Waals surface area contributed by atoms with Gasteiger partial charge in [0, 0.05) is 0 Å². The van der Waals surface area contributed by atoms with Gasteiger partial charge >= 0.3 is 6.09 Å². The molecule has 2 rings (SSSR count). The van der Waals surface area contributed by atoms with Gasteiger partial charge in [-0.05, 0) is 25.0 Å². The molecule has 0 fully saturated rings. The Kier molecular flexibility index (Phi) is 5.10. The molecule has 0 radical (unpaired) electrons. The Balaban J connectivity index is 1.85. The van der Waals surface area contributed by atoms with Gasteiger partial charge in [-0.2, -0.15) is 5.10 Å². The van der Waals surface area contributed by atoms with E-state index in [1.54, 1.807) is 0 Å². The Morgan fingerprint density at radius 3 is 2.43 bits per heavy atom. The number of ether oxygens (including phenoxy) is 1. The minimum absolute atomic E-state index is 0.228. The van der Waals surface area contributed by atoms with Gasteiger partial charge in [0.2, 0.25) is 0 Å². The van der Waals surface area contributed by atoms with E-state index in [0.717, 1.165) is 16.8 Å². The summed E-state index contributed by atoms with van der Waals surface area (Å²) in [7, 11) is 0. The van der Waals surface area contributed by atoms with Crippen LogP contribution < -0.4 is 5.43 Å². The van der Waals surface area contributed by atoms with Crippen molar-refractivity contribution in [3.8, 4) is 0 Å². The molecule has 4 nitrogen and oxygen atoms in total. The lowest BCUT2D eigenvalue weighted by molar-refractivity contribution is 0.140. The Morgan fingerprint density at radius 2 is 1.76 bits per heavy atom. The van der Waals surface area contributed by atoms with E-state index in [2.05, 4.69) is 10.5 Å². The molecule has 0 aliphatic carbocycles. The standard InChI is InChI=1S/C17H18N2O2/c1-13-8-10-16(11-9-13)14(2)18-19-17(20)21-12-15-6-4-3-5-7-15/h3-11H,12H2,1-2H3,(H,19,20)/b18-14+. The lowest BCUT2D eigenvalue weighted by Gasteiger charge is -2.05. The molecule has 0 aromatic heterocycles. The monoisotopic (exact) mass is 282 g/mol. The molecule has 4 heteroatoms. The average molecular weight is 282 g/mol. The number of rotatable bonds is 4. The first-order chi connectivity index (χ1) is 10.1. The summed E-state index contributed by atoms with van der Waals surface area (Å²) in [5.74, 6) is 0. The van der Waals surface area contributed by atoms with Gasteiger partial charge < -0.3 is 4.74 Å². The number of amides is 1. The number of carbonyl (C=O) groups is 1. The molecular formula is C17H18N2O2. The molecule has 108 valence electrons. The van der Waals surface area contributed by atoms with Crippen LogP contribution in [-0.4, -0.2) is 11.8 Å². The summed E-state index contributed by atoms with van der Waals surface area (Å²) < 4.78 is 5.08. The van der Waals surface area contributed by atoms with Crippen molar-refractivity contribution in [1.82, 2.24) is 5.43 Å². The maximum absolute atomic E-state index is 11.6. The van der Waals surface area contributed by atoms with Gasteiger partial charge in [-0.15, -0.1) is 0 Å². The van der Waals surface area contributed by atoms with Crippen LogP contribution in [-0.2, 0) is 11.3 Å². The Morgan fingerprint density at radius 1 is 1.10 bits per heavy atom. The number of hydrazone groups is 1. The van der Waals surface area contributed by atoms with E-state index < -0.39 is 6.09 Å². The molecule has 0 atom stereocenters. The number of hydrogen-bond donors (Lipinski definition) is 1. The van der Waals surface area contributed by atoms with Crippen molar-refractivity contribution in [3.63, 3.8) is 0 Å². The minimum Gasteiger partial charge on any atom is -0.443 e. The summed E-state index contributed by atoms with van der Waals surface area (Å²) in [6.07, 6.45) is -0.565. The largest absolute Gasteiger partial charge is 0.443 e. The van der Waals surface area contributed by atoms with Crippen molar-refractivity contribution in [2.75, 3.05) is 0 Å². The highest BCUT2D eigenvalue weighted by atomic mass is 16.5. The first-order valence-electron chi connectivity index (χ1n) is 6.73. The number of hydrogen-bond acceptors (Lipinski definition) is 3. The van der Waals surface area contributed by atoms with E-state index in [1.807, 2.05) is 68.4 Å². The molecule has 0 bridgehead atoms. The summed E-state index contributed by atoms with van der Waals surface area (Å²) in [5, 5.41) is 4.03. The molecule has 0 spiro atoms. The molecule has 0 saturated carbocycles.